The molecule has 0 unspecified atom stereocenters. The van der Waals surface area contributed by atoms with Crippen LogP contribution in [0.15, 0.2) is 48.5 Å². The van der Waals surface area contributed by atoms with Gasteiger partial charge >= 0.3 is 6.03 Å². The summed E-state index contributed by atoms with van der Waals surface area (Å²) in [6, 6.07) is 13.6. The monoisotopic (exact) mass is 347 g/mol. The Kier molecular flexibility index (Phi) is 5.33. The maximum absolute atomic E-state index is 13.2. The van der Waals surface area contributed by atoms with Crippen molar-refractivity contribution in [1.82, 2.24) is 9.80 Å². The molecule has 126 valence electrons. The molecule has 1 heterocycles. The molecular formula is C18H19ClFN3O. The van der Waals surface area contributed by atoms with Gasteiger partial charge in [0.1, 0.15) is 5.82 Å². The van der Waals surface area contributed by atoms with Gasteiger partial charge in [-0.3, -0.25) is 4.90 Å². The molecule has 2 amide bonds. The lowest BCUT2D eigenvalue weighted by Crippen LogP contribution is -2.49. The van der Waals surface area contributed by atoms with Crippen molar-refractivity contribution in [3.8, 4) is 0 Å². The number of anilines is 1. The predicted molar refractivity (Wildman–Crippen MR) is 93.7 cm³/mol. The molecule has 0 radical (unpaired) electrons. The zero-order valence-electron chi connectivity index (χ0n) is 13.2. The third-order valence-corrected chi connectivity index (χ3v) is 4.30. The molecule has 6 heteroatoms. The molecule has 1 saturated heterocycles. The fourth-order valence-corrected chi connectivity index (χ4v) is 2.86. The van der Waals surface area contributed by atoms with Gasteiger partial charge in [-0.1, -0.05) is 23.7 Å². The molecule has 1 aliphatic rings. The first kappa shape index (κ1) is 16.7. The minimum absolute atomic E-state index is 0.109. The second-order valence-electron chi connectivity index (χ2n) is 5.83. The van der Waals surface area contributed by atoms with E-state index in [2.05, 4.69) is 10.2 Å². The molecule has 2 aromatic rings. The number of halogens is 2. The number of hydrogen-bond acceptors (Lipinski definition) is 2. The molecule has 2 aromatic carbocycles. The van der Waals surface area contributed by atoms with E-state index in [0.717, 1.165) is 24.3 Å². The van der Waals surface area contributed by atoms with Crippen LogP contribution in [0, 0.1) is 5.82 Å². The number of carbonyl (C=O) groups excluding carboxylic acids is 1. The molecule has 1 aliphatic heterocycles. The summed E-state index contributed by atoms with van der Waals surface area (Å²) in [5.41, 5.74) is 1.68. The van der Waals surface area contributed by atoms with Crippen LogP contribution in [0.3, 0.4) is 0 Å². The van der Waals surface area contributed by atoms with Crippen molar-refractivity contribution >= 4 is 23.3 Å². The molecule has 3 rings (SSSR count). The Morgan fingerprint density at radius 2 is 1.79 bits per heavy atom. The highest BCUT2D eigenvalue weighted by atomic mass is 35.5. The van der Waals surface area contributed by atoms with Gasteiger partial charge in [-0.25, -0.2) is 9.18 Å². The maximum Gasteiger partial charge on any atom is 0.321 e. The Hall–Kier alpha value is -2.11. The minimum atomic E-state index is -0.214. The number of rotatable bonds is 3. The Morgan fingerprint density at radius 3 is 2.46 bits per heavy atom. The molecule has 4 nitrogen and oxygen atoms in total. The molecule has 0 aliphatic carbocycles. The van der Waals surface area contributed by atoms with Gasteiger partial charge in [0.05, 0.1) is 0 Å². The summed E-state index contributed by atoms with van der Waals surface area (Å²) in [6.07, 6.45) is 0. The van der Waals surface area contributed by atoms with Crippen molar-refractivity contribution in [3.63, 3.8) is 0 Å². The predicted octanol–water partition coefficient (Wildman–Crippen LogP) is 3.83. The van der Waals surface area contributed by atoms with Crippen LogP contribution in [0.2, 0.25) is 5.02 Å². The lowest BCUT2D eigenvalue weighted by atomic mass is 10.2. The van der Waals surface area contributed by atoms with E-state index in [1.807, 2.05) is 6.07 Å². The van der Waals surface area contributed by atoms with E-state index in [4.69, 9.17) is 11.6 Å². The highest BCUT2D eigenvalue weighted by Crippen LogP contribution is 2.15. The van der Waals surface area contributed by atoms with Gasteiger partial charge in [0, 0.05) is 43.4 Å². The number of amides is 2. The van der Waals surface area contributed by atoms with E-state index in [0.29, 0.717) is 24.7 Å². The highest BCUT2D eigenvalue weighted by Gasteiger charge is 2.21. The SMILES string of the molecule is O=C(Nc1ccc(Cl)cc1)N1CCN(Cc2cccc(F)c2)CC1. The first-order chi connectivity index (χ1) is 11.6. The standard InChI is InChI=1S/C18H19ClFN3O/c19-15-4-6-17(7-5-15)21-18(24)23-10-8-22(9-11-23)13-14-2-1-3-16(20)12-14/h1-7,12H,8-11,13H2,(H,21,24). The Balaban J connectivity index is 1.49. The van der Waals surface area contributed by atoms with Gasteiger partial charge in [-0.15, -0.1) is 0 Å². The van der Waals surface area contributed by atoms with Crippen molar-refractivity contribution in [3.05, 3.63) is 64.9 Å². The number of carbonyl (C=O) groups is 1. The zero-order valence-corrected chi connectivity index (χ0v) is 14.0. The lowest BCUT2D eigenvalue weighted by molar-refractivity contribution is 0.143. The number of nitrogens with zero attached hydrogens (tertiary/aromatic N) is 2. The van der Waals surface area contributed by atoms with Crippen LogP contribution in [0.5, 0.6) is 0 Å². The second-order valence-corrected chi connectivity index (χ2v) is 6.27. The average molecular weight is 348 g/mol. The topological polar surface area (TPSA) is 35.6 Å². The fourth-order valence-electron chi connectivity index (χ4n) is 2.74. The number of hydrogen-bond donors (Lipinski definition) is 1. The third-order valence-electron chi connectivity index (χ3n) is 4.05. The average Bonchev–Trinajstić information content (AvgIpc) is 2.57. The van der Waals surface area contributed by atoms with Crippen molar-refractivity contribution in [2.75, 3.05) is 31.5 Å². The van der Waals surface area contributed by atoms with Gasteiger partial charge in [0.15, 0.2) is 0 Å². The Bertz CT molecular complexity index is 700. The first-order valence-corrected chi connectivity index (χ1v) is 8.26. The van der Waals surface area contributed by atoms with Crippen molar-refractivity contribution < 1.29 is 9.18 Å². The zero-order chi connectivity index (χ0) is 16.9. The van der Waals surface area contributed by atoms with Crippen LogP contribution in [0.1, 0.15) is 5.56 Å². The molecule has 0 bridgehead atoms. The summed E-state index contributed by atoms with van der Waals surface area (Å²) in [7, 11) is 0. The fraction of sp³-hybridized carbons (Fsp3) is 0.278. The van der Waals surface area contributed by atoms with Crippen molar-refractivity contribution in [2.24, 2.45) is 0 Å². The summed E-state index contributed by atoms with van der Waals surface area (Å²) in [4.78, 5) is 16.3. The molecule has 0 spiro atoms. The summed E-state index contributed by atoms with van der Waals surface area (Å²) in [6.45, 7) is 3.53. The molecule has 1 fully saturated rings. The maximum atomic E-state index is 13.2. The van der Waals surface area contributed by atoms with E-state index in [1.165, 1.54) is 6.07 Å². The van der Waals surface area contributed by atoms with E-state index in [-0.39, 0.29) is 11.8 Å². The number of nitrogens with one attached hydrogen (secondary N) is 1. The molecule has 0 atom stereocenters. The molecule has 1 N–H and O–H groups in total. The summed E-state index contributed by atoms with van der Waals surface area (Å²) < 4.78 is 13.2. The quantitative estimate of drug-likeness (QED) is 0.916. The van der Waals surface area contributed by atoms with Crippen LogP contribution >= 0.6 is 11.6 Å². The summed E-state index contributed by atoms with van der Waals surface area (Å²) >= 11 is 5.84. The largest absolute Gasteiger partial charge is 0.322 e. The van der Waals surface area contributed by atoms with E-state index in [1.54, 1.807) is 41.3 Å². The summed E-state index contributed by atoms with van der Waals surface area (Å²) in [5, 5.41) is 3.51. The number of benzene rings is 2. The molecule has 24 heavy (non-hydrogen) atoms. The molecule has 0 aromatic heterocycles. The van der Waals surface area contributed by atoms with Gasteiger partial charge in [-0.2, -0.15) is 0 Å². The van der Waals surface area contributed by atoms with Gasteiger partial charge in [0.25, 0.3) is 0 Å². The van der Waals surface area contributed by atoms with Crippen LogP contribution in [-0.2, 0) is 6.54 Å². The third kappa shape index (κ3) is 4.46. The van der Waals surface area contributed by atoms with E-state index in [9.17, 15) is 9.18 Å². The van der Waals surface area contributed by atoms with Gasteiger partial charge < -0.3 is 10.2 Å². The lowest BCUT2D eigenvalue weighted by Gasteiger charge is -2.34. The summed E-state index contributed by atoms with van der Waals surface area (Å²) in [5.74, 6) is -0.214. The Morgan fingerprint density at radius 1 is 1.08 bits per heavy atom. The van der Waals surface area contributed by atoms with Crippen molar-refractivity contribution in [2.45, 2.75) is 6.54 Å². The van der Waals surface area contributed by atoms with Crippen LogP contribution < -0.4 is 5.32 Å². The number of urea groups is 1. The molecule has 0 saturated carbocycles. The van der Waals surface area contributed by atoms with Crippen LogP contribution in [0.25, 0.3) is 0 Å². The Labute approximate surface area is 145 Å². The van der Waals surface area contributed by atoms with Gasteiger partial charge in [0.2, 0.25) is 0 Å². The van der Waals surface area contributed by atoms with Gasteiger partial charge in [-0.05, 0) is 42.0 Å². The minimum Gasteiger partial charge on any atom is -0.322 e. The highest BCUT2D eigenvalue weighted by molar-refractivity contribution is 6.30. The molecular weight excluding hydrogens is 329 g/mol. The van der Waals surface area contributed by atoms with E-state index < -0.39 is 0 Å². The van der Waals surface area contributed by atoms with E-state index >= 15 is 0 Å². The normalized spacial score (nSPS) is 15.3. The van der Waals surface area contributed by atoms with Crippen LogP contribution in [0.4, 0.5) is 14.9 Å². The second kappa shape index (κ2) is 7.64. The number of piperazine rings is 1. The van der Waals surface area contributed by atoms with Crippen molar-refractivity contribution in [1.29, 1.82) is 0 Å². The first-order valence-electron chi connectivity index (χ1n) is 7.88. The smallest absolute Gasteiger partial charge is 0.321 e. The van der Waals surface area contributed by atoms with Crippen LogP contribution in [-0.4, -0.2) is 42.0 Å².